The summed E-state index contributed by atoms with van der Waals surface area (Å²) in [4.78, 5) is 0. The highest BCUT2D eigenvalue weighted by atomic mass is 16.5. The first kappa shape index (κ1) is 16.9. The first-order valence-corrected chi connectivity index (χ1v) is 8.13. The van der Waals surface area contributed by atoms with E-state index in [1.807, 2.05) is 0 Å². The maximum atomic E-state index is 6.24. The Morgan fingerprint density at radius 3 is 2.68 bits per heavy atom. The summed E-state index contributed by atoms with van der Waals surface area (Å²) in [5, 5.41) is 3.61. The van der Waals surface area contributed by atoms with Gasteiger partial charge in [0.15, 0.2) is 0 Å². The summed E-state index contributed by atoms with van der Waals surface area (Å²) in [6, 6.07) is 0.326. The minimum atomic E-state index is -0.0177. The fraction of sp³-hybridized carbons (Fsp3) is 1.00. The van der Waals surface area contributed by atoms with Crippen LogP contribution in [-0.2, 0) is 9.47 Å². The standard InChI is InChI=1S/C16H33NO2/c1-5-11-18-13-15(17-6-2)16(19-7-3)10-8-9-14(4)12-16/h14-15,17H,5-13H2,1-4H3. The van der Waals surface area contributed by atoms with Gasteiger partial charge in [-0.15, -0.1) is 0 Å². The molecule has 0 bridgehead atoms. The summed E-state index contributed by atoms with van der Waals surface area (Å²) in [6.07, 6.45) is 6.02. The van der Waals surface area contributed by atoms with E-state index < -0.39 is 0 Å². The Labute approximate surface area is 119 Å². The second kappa shape index (κ2) is 8.93. The Morgan fingerprint density at radius 2 is 2.11 bits per heavy atom. The van der Waals surface area contributed by atoms with E-state index >= 15 is 0 Å². The van der Waals surface area contributed by atoms with E-state index in [0.717, 1.165) is 45.1 Å². The Kier molecular flexibility index (Phi) is 7.96. The zero-order valence-corrected chi connectivity index (χ0v) is 13.3. The number of nitrogens with one attached hydrogen (secondary N) is 1. The van der Waals surface area contributed by atoms with E-state index in [0.29, 0.717) is 6.04 Å². The zero-order valence-electron chi connectivity index (χ0n) is 13.3. The van der Waals surface area contributed by atoms with Gasteiger partial charge in [0, 0.05) is 13.2 Å². The molecule has 3 unspecified atom stereocenters. The lowest BCUT2D eigenvalue weighted by atomic mass is 9.74. The van der Waals surface area contributed by atoms with E-state index in [-0.39, 0.29) is 5.60 Å². The van der Waals surface area contributed by atoms with Gasteiger partial charge < -0.3 is 14.8 Å². The van der Waals surface area contributed by atoms with Crippen LogP contribution in [0.4, 0.5) is 0 Å². The lowest BCUT2D eigenvalue weighted by molar-refractivity contribution is -0.114. The number of hydrogen-bond donors (Lipinski definition) is 1. The average molecular weight is 271 g/mol. The molecule has 0 aromatic rings. The SMILES string of the molecule is CCCOCC(NCC)C1(OCC)CCCC(C)C1. The molecule has 0 saturated heterocycles. The molecular formula is C16H33NO2. The van der Waals surface area contributed by atoms with Crippen LogP contribution in [0.1, 0.15) is 59.8 Å². The Balaban J connectivity index is 2.71. The molecule has 19 heavy (non-hydrogen) atoms. The van der Waals surface area contributed by atoms with Crippen LogP contribution < -0.4 is 5.32 Å². The van der Waals surface area contributed by atoms with Crippen LogP contribution in [-0.4, -0.2) is 38.0 Å². The molecule has 0 aromatic heterocycles. The molecule has 1 aliphatic carbocycles. The minimum absolute atomic E-state index is 0.0177. The highest BCUT2D eigenvalue weighted by molar-refractivity contribution is 4.97. The van der Waals surface area contributed by atoms with Gasteiger partial charge in [-0.1, -0.05) is 33.6 Å². The van der Waals surface area contributed by atoms with Crippen molar-refractivity contribution in [2.24, 2.45) is 5.92 Å². The Bertz CT molecular complexity index is 231. The first-order valence-electron chi connectivity index (χ1n) is 8.13. The van der Waals surface area contributed by atoms with Gasteiger partial charge in [-0.25, -0.2) is 0 Å². The molecule has 1 rings (SSSR count). The van der Waals surface area contributed by atoms with Crippen LogP contribution in [0.2, 0.25) is 0 Å². The molecule has 1 fully saturated rings. The molecule has 0 aliphatic heterocycles. The fourth-order valence-corrected chi connectivity index (χ4v) is 3.37. The number of ether oxygens (including phenoxy) is 2. The maximum absolute atomic E-state index is 6.24. The van der Waals surface area contributed by atoms with Gasteiger partial charge in [0.2, 0.25) is 0 Å². The molecule has 114 valence electrons. The predicted molar refractivity (Wildman–Crippen MR) is 80.6 cm³/mol. The van der Waals surface area contributed by atoms with E-state index in [4.69, 9.17) is 9.47 Å². The van der Waals surface area contributed by atoms with E-state index in [9.17, 15) is 0 Å². The van der Waals surface area contributed by atoms with Crippen LogP contribution in [0.15, 0.2) is 0 Å². The fourth-order valence-electron chi connectivity index (χ4n) is 3.37. The lowest BCUT2D eigenvalue weighted by Crippen LogP contribution is -2.57. The third kappa shape index (κ3) is 5.05. The van der Waals surface area contributed by atoms with Crippen LogP contribution in [0.5, 0.6) is 0 Å². The summed E-state index contributed by atoms with van der Waals surface area (Å²) >= 11 is 0. The normalized spacial score (nSPS) is 29.4. The molecule has 3 heteroatoms. The van der Waals surface area contributed by atoms with Gasteiger partial charge in [0.1, 0.15) is 0 Å². The van der Waals surface area contributed by atoms with Gasteiger partial charge in [0.25, 0.3) is 0 Å². The van der Waals surface area contributed by atoms with Gasteiger partial charge >= 0.3 is 0 Å². The monoisotopic (exact) mass is 271 g/mol. The average Bonchev–Trinajstić information content (AvgIpc) is 2.38. The number of hydrogen-bond acceptors (Lipinski definition) is 3. The third-order valence-electron chi connectivity index (χ3n) is 4.14. The van der Waals surface area contributed by atoms with Crippen LogP contribution in [0.25, 0.3) is 0 Å². The van der Waals surface area contributed by atoms with Crippen molar-refractivity contribution in [2.75, 3.05) is 26.4 Å². The van der Waals surface area contributed by atoms with Crippen LogP contribution in [0, 0.1) is 5.92 Å². The first-order chi connectivity index (χ1) is 9.18. The van der Waals surface area contributed by atoms with Crippen molar-refractivity contribution >= 4 is 0 Å². The van der Waals surface area contributed by atoms with E-state index in [2.05, 4.69) is 33.0 Å². The van der Waals surface area contributed by atoms with E-state index in [1.165, 1.54) is 19.3 Å². The molecule has 0 aromatic carbocycles. The minimum Gasteiger partial charge on any atom is -0.380 e. The summed E-state index contributed by atoms with van der Waals surface area (Å²) in [6.45, 7) is 12.2. The molecule has 0 radical (unpaired) electrons. The second-order valence-electron chi connectivity index (χ2n) is 5.88. The van der Waals surface area contributed by atoms with Crippen molar-refractivity contribution in [3.63, 3.8) is 0 Å². The Hall–Kier alpha value is -0.120. The molecule has 1 aliphatic rings. The molecule has 3 nitrogen and oxygen atoms in total. The molecule has 3 atom stereocenters. The summed E-state index contributed by atoms with van der Waals surface area (Å²) in [7, 11) is 0. The van der Waals surface area contributed by atoms with Gasteiger partial charge in [0.05, 0.1) is 18.2 Å². The molecule has 1 N–H and O–H groups in total. The molecule has 1 saturated carbocycles. The smallest absolute Gasteiger partial charge is 0.0859 e. The summed E-state index contributed by atoms with van der Waals surface area (Å²) < 4.78 is 12.1. The van der Waals surface area contributed by atoms with Crippen molar-refractivity contribution < 1.29 is 9.47 Å². The third-order valence-corrected chi connectivity index (χ3v) is 4.14. The quantitative estimate of drug-likeness (QED) is 0.652. The maximum Gasteiger partial charge on any atom is 0.0859 e. The molecule has 0 spiro atoms. The highest BCUT2D eigenvalue weighted by Crippen LogP contribution is 2.38. The highest BCUT2D eigenvalue weighted by Gasteiger charge is 2.42. The summed E-state index contributed by atoms with van der Waals surface area (Å²) in [5.74, 6) is 0.757. The van der Waals surface area contributed by atoms with Crippen LogP contribution >= 0.6 is 0 Å². The molecule has 0 heterocycles. The van der Waals surface area contributed by atoms with Gasteiger partial charge in [-0.05, 0) is 38.6 Å². The largest absolute Gasteiger partial charge is 0.380 e. The zero-order chi connectivity index (χ0) is 14.1. The number of rotatable bonds is 9. The van der Waals surface area contributed by atoms with Gasteiger partial charge in [-0.3, -0.25) is 0 Å². The van der Waals surface area contributed by atoms with Crippen molar-refractivity contribution in [1.82, 2.24) is 5.32 Å². The van der Waals surface area contributed by atoms with Gasteiger partial charge in [-0.2, -0.15) is 0 Å². The molecule has 0 amide bonds. The topological polar surface area (TPSA) is 30.5 Å². The van der Waals surface area contributed by atoms with Crippen LogP contribution in [0.3, 0.4) is 0 Å². The van der Waals surface area contributed by atoms with Crippen molar-refractivity contribution in [1.29, 1.82) is 0 Å². The summed E-state index contributed by atoms with van der Waals surface area (Å²) in [5.41, 5.74) is -0.0177. The second-order valence-corrected chi connectivity index (χ2v) is 5.88. The Morgan fingerprint density at radius 1 is 1.32 bits per heavy atom. The van der Waals surface area contributed by atoms with E-state index in [1.54, 1.807) is 0 Å². The van der Waals surface area contributed by atoms with Crippen molar-refractivity contribution in [2.45, 2.75) is 71.4 Å². The van der Waals surface area contributed by atoms with Crippen molar-refractivity contribution in [3.8, 4) is 0 Å². The number of likely N-dealkylation sites (N-methyl/N-ethyl adjacent to an activating group) is 1. The molecular weight excluding hydrogens is 238 g/mol. The van der Waals surface area contributed by atoms with Crippen molar-refractivity contribution in [3.05, 3.63) is 0 Å². The predicted octanol–water partition coefficient (Wildman–Crippen LogP) is 3.38. The lowest BCUT2D eigenvalue weighted by Gasteiger charge is -2.45.